The van der Waals surface area contributed by atoms with Gasteiger partial charge in [0.05, 0.1) is 11.5 Å². The third-order valence-electron chi connectivity index (χ3n) is 2.30. The first kappa shape index (κ1) is 13.0. The summed E-state index contributed by atoms with van der Waals surface area (Å²) >= 11 is 5.32. The topological polar surface area (TPSA) is 17.1 Å². The number of hydrogen-bond donors (Lipinski definition) is 0. The molecule has 0 aromatic heterocycles. The van der Waals surface area contributed by atoms with E-state index >= 15 is 0 Å². The Balaban J connectivity index is 3.11. The zero-order chi connectivity index (χ0) is 12.3. The first-order chi connectivity index (χ1) is 7.36. The van der Waals surface area contributed by atoms with Crippen LogP contribution >= 0.6 is 11.6 Å². The van der Waals surface area contributed by atoms with Crippen LogP contribution in [0.4, 0.5) is 13.2 Å². The molecule has 0 aliphatic carbocycles. The van der Waals surface area contributed by atoms with Crippen LogP contribution in [0.5, 0.6) is 0 Å². The highest BCUT2D eigenvalue weighted by Crippen LogP contribution is 2.32. The van der Waals surface area contributed by atoms with Crippen molar-refractivity contribution in [3.63, 3.8) is 0 Å². The maximum absolute atomic E-state index is 12.4. The monoisotopic (exact) mass is 250 g/mol. The quantitative estimate of drug-likeness (QED) is 0.742. The van der Waals surface area contributed by atoms with Gasteiger partial charge in [-0.05, 0) is 29.7 Å². The number of carbonyl (C=O) groups is 1. The summed E-state index contributed by atoms with van der Waals surface area (Å²) in [6, 6.07) is 4.69. The van der Waals surface area contributed by atoms with E-state index in [4.69, 9.17) is 11.6 Å². The summed E-state index contributed by atoms with van der Waals surface area (Å²) in [5.41, 5.74) is -0.460. The summed E-state index contributed by atoms with van der Waals surface area (Å²) in [4.78, 5) is 11.0. The Morgan fingerprint density at radius 1 is 1.44 bits per heavy atom. The fourth-order valence-electron chi connectivity index (χ4n) is 1.46. The first-order valence-corrected chi connectivity index (χ1v) is 5.10. The molecule has 0 spiro atoms. The van der Waals surface area contributed by atoms with Crippen LogP contribution in [0.15, 0.2) is 24.3 Å². The summed E-state index contributed by atoms with van der Waals surface area (Å²) < 4.78 is 37.3. The van der Waals surface area contributed by atoms with Gasteiger partial charge in [-0.2, -0.15) is 13.2 Å². The minimum atomic E-state index is -4.40. The normalized spacial score (nSPS) is 13.6. The number of carbonyl (C=O) groups excluding carboxylic acids is 1. The lowest BCUT2D eigenvalue weighted by Crippen LogP contribution is -2.09. The predicted octanol–water partition coefficient (Wildman–Crippen LogP) is 3.96. The van der Waals surface area contributed by atoms with Gasteiger partial charge in [0.15, 0.2) is 0 Å². The van der Waals surface area contributed by atoms with Crippen molar-refractivity contribution in [1.82, 2.24) is 0 Å². The molecule has 1 aromatic rings. The molecule has 0 saturated carbocycles. The van der Waals surface area contributed by atoms with E-state index in [1.165, 1.54) is 12.1 Å². The Morgan fingerprint density at radius 2 is 2.06 bits per heavy atom. The molecule has 0 heterocycles. The number of hydrogen-bond acceptors (Lipinski definition) is 1. The lowest BCUT2D eigenvalue weighted by Gasteiger charge is -2.13. The molecule has 0 fully saturated rings. The molecule has 1 nitrogen and oxygen atoms in total. The van der Waals surface area contributed by atoms with E-state index in [9.17, 15) is 18.0 Å². The van der Waals surface area contributed by atoms with Crippen LogP contribution in [-0.4, -0.2) is 5.24 Å². The summed E-state index contributed by atoms with van der Waals surface area (Å²) in [6.07, 6.45) is -4.02. The van der Waals surface area contributed by atoms with Gasteiger partial charge in [0.1, 0.15) is 0 Å². The number of rotatable bonds is 3. The molecule has 0 bridgehead atoms. The van der Waals surface area contributed by atoms with E-state index in [1.54, 1.807) is 6.92 Å². The molecule has 0 N–H and O–H groups in total. The maximum atomic E-state index is 12.4. The van der Waals surface area contributed by atoms with Crippen LogP contribution in [0.3, 0.4) is 0 Å². The standard InChI is InChI=1S/C11H10ClF3O/c1-2-9(10(12)16)7-4-3-5-8(6-7)11(13,14)15/h3-6,9H,2H2,1H3. The maximum Gasteiger partial charge on any atom is 0.416 e. The van der Waals surface area contributed by atoms with Crippen LogP contribution in [0.1, 0.15) is 30.4 Å². The molecule has 0 aliphatic rings. The van der Waals surface area contributed by atoms with Gasteiger partial charge in [-0.25, -0.2) is 0 Å². The Bertz CT molecular complexity index is 387. The molecule has 0 saturated heterocycles. The molecule has 5 heteroatoms. The van der Waals surface area contributed by atoms with Crippen LogP contribution in [0, 0.1) is 0 Å². The molecule has 1 unspecified atom stereocenters. The summed E-state index contributed by atoms with van der Waals surface area (Å²) in [5.74, 6) is -0.677. The van der Waals surface area contributed by atoms with Crippen molar-refractivity contribution < 1.29 is 18.0 Å². The van der Waals surface area contributed by atoms with E-state index in [1.807, 2.05) is 0 Å². The molecular weight excluding hydrogens is 241 g/mol. The van der Waals surface area contributed by atoms with Crippen LogP contribution in [0.25, 0.3) is 0 Å². The molecular formula is C11H10ClF3O. The van der Waals surface area contributed by atoms with E-state index < -0.39 is 22.9 Å². The van der Waals surface area contributed by atoms with E-state index in [2.05, 4.69) is 0 Å². The SMILES string of the molecule is CCC(C(=O)Cl)c1cccc(C(F)(F)F)c1. The van der Waals surface area contributed by atoms with Gasteiger partial charge in [0.2, 0.25) is 5.24 Å². The van der Waals surface area contributed by atoms with E-state index in [-0.39, 0.29) is 0 Å². The van der Waals surface area contributed by atoms with Crippen molar-refractivity contribution >= 4 is 16.8 Å². The Kier molecular flexibility index (Phi) is 3.97. The average Bonchev–Trinajstić information content (AvgIpc) is 2.17. The smallest absolute Gasteiger partial charge is 0.281 e. The third kappa shape index (κ3) is 2.98. The van der Waals surface area contributed by atoms with Gasteiger partial charge in [-0.1, -0.05) is 25.1 Å². The highest BCUT2D eigenvalue weighted by molar-refractivity contribution is 6.64. The van der Waals surface area contributed by atoms with Crippen molar-refractivity contribution in [3.05, 3.63) is 35.4 Å². The summed E-state index contributed by atoms with van der Waals surface area (Å²) in [6.45, 7) is 1.70. The van der Waals surface area contributed by atoms with Gasteiger partial charge < -0.3 is 0 Å². The van der Waals surface area contributed by atoms with Gasteiger partial charge in [0.25, 0.3) is 0 Å². The Hall–Kier alpha value is -1.03. The molecule has 1 aromatic carbocycles. The second-order valence-corrected chi connectivity index (χ2v) is 3.76. The highest BCUT2D eigenvalue weighted by atomic mass is 35.5. The Labute approximate surface area is 96.2 Å². The minimum absolute atomic E-state index is 0.303. The number of halogens is 4. The fraction of sp³-hybridized carbons (Fsp3) is 0.364. The van der Waals surface area contributed by atoms with Gasteiger partial charge in [0, 0.05) is 0 Å². The minimum Gasteiger partial charge on any atom is -0.281 e. The van der Waals surface area contributed by atoms with E-state index in [0.29, 0.717) is 12.0 Å². The fourth-order valence-corrected chi connectivity index (χ4v) is 1.74. The predicted molar refractivity (Wildman–Crippen MR) is 55.3 cm³/mol. The lowest BCUT2D eigenvalue weighted by molar-refractivity contribution is -0.137. The third-order valence-corrected chi connectivity index (χ3v) is 2.56. The van der Waals surface area contributed by atoms with Crippen molar-refractivity contribution in [2.24, 2.45) is 0 Å². The van der Waals surface area contributed by atoms with Crippen molar-refractivity contribution in [2.45, 2.75) is 25.4 Å². The van der Waals surface area contributed by atoms with Crippen LogP contribution in [-0.2, 0) is 11.0 Å². The highest BCUT2D eigenvalue weighted by Gasteiger charge is 2.31. The van der Waals surface area contributed by atoms with Gasteiger partial charge in [-0.3, -0.25) is 4.79 Å². The van der Waals surface area contributed by atoms with Crippen molar-refractivity contribution in [2.75, 3.05) is 0 Å². The number of benzene rings is 1. The second kappa shape index (κ2) is 4.87. The van der Waals surface area contributed by atoms with Gasteiger partial charge in [-0.15, -0.1) is 0 Å². The van der Waals surface area contributed by atoms with Crippen LogP contribution < -0.4 is 0 Å². The second-order valence-electron chi connectivity index (χ2n) is 3.39. The first-order valence-electron chi connectivity index (χ1n) is 4.72. The lowest BCUT2D eigenvalue weighted by atomic mass is 9.96. The van der Waals surface area contributed by atoms with Gasteiger partial charge >= 0.3 is 6.18 Å². The average molecular weight is 251 g/mol. The Morgan fingerprint density at radius 3 is 2.50 bits per heavy atom. The molecule has 0 aliphatic heterocycles. The molecule has 16 heavy (non-hydrogen) atoms. The summed E-state index contributed by atoms with van der Waals surface area (Å²) in [7, 11) is 0. The zero-order valence-electron chi connectivity index (χ0n) is 8.51. The molecule has 0 radical (unpaired) electrons. The molecule has 0 amide bonds. The molecule has 1 atom stereocenters. The van der Waals surface area contributed by atoms with Crippen molar-refractivity contribution in [3.8, 4) is 0 Å². The van der Waals surface area contributed by atoms with Crippen molar-refractivity contribution in [1.29, 1.82) is 0 Å². The molecule has 1 rings (SSSR count). The summed E-state index contributed by atoms with van der Waals surface area (Å²) in [5, 5.41) is -0.637. The number of alkyl halides is 3. The molecule has 88 valence electrons. The zero-order valence-corrected chi connectivity index (χ0v) is 9.27. The van der Waals surface area contributed by atoms with E-state index in [0.717, 1.165) is 12.1 Å². The van der Waals surface area contributed by atoms with Crippen LogP contribution in [0.2, 0.25) is 0 Å². The largest absolute Gasteiger partial charge is 0.416 e.